The summed E-state index contributed by atoms with van der Waals surface area (Å²) in [4.78, 5) is 14.1. The minimum atomic E-state index is -0.180. The number of aromatic hydroxyl groups is 1. The van der Waals surface area contributed by atoms with Crippen LogP contribution in [0.5, 0.6) is 5.75 Å². The molecule has 2 aromatic rings. The van der Waals surface area contributed by atoms with Gasteiger partial charge in [0.15, 0.2) is 0 Å². The van der Waals surface area contributed by atoms with Crippen molar-refractivity contribution in [3.8, 4) is 5.75 Å². The minimum absolute atomic E-state index is 0.136. The highest BCUT2D eigenvalue weighted by atomic mass is 16.3. The van der Waals surface area contributed by atoms with Gasteiger partial charge < -0.3 is 10.0 Å². The molecule has 0 atom stereocenters. The fourth-order valence-corrected chi connectivity index (χ4v) is 2.84. The quantitative estimate of drug-likeness (QED) is 0.500. The zero-order valence-corrected chi connectivity index (χ0v) is 15.8. The highest BCUT2D eigenvalue weighted by Crippen LogP contribution is 2.23. The number of phenolic OH excluding ortho intramolecular Hbond substituents is 1. The fraction of sp³-hybridized carbons (Fsp3) is 0.421. The Morgan fingerprint density at radius 3 is 2.65 bits per heavy atom. The van der Waals surface area contributed by atoms with Gasteiger partial charge in [-0.3, -0.25) is 9.89 Å². The van der Waals surface area contributed by atoms with Gasteiger partial charge in [-0.05, 0) is 51.8 Å². The molecule has 0 saturated heterocycles. The molecule has 0 fully saturated rings. The number of nitrogens with zero attached hydrogens (tertiary/aromatic N) is 3. The number of phenols is 1. The molecule has 0 aliphatic heterocycles. The van der Waals surface area contributed by atoms with Crippen molar-refractivity contribution in [2.24, 2.45) is 5.10 Å². The SMILES string of the molecule is CCN(CC)c1ccc(/C=N/NC(=O)CCc2c(C)n[nH]c2C)c(O)c1. The highest BCUT2D eigenvalue weighted by molar-refractivity contribution is 5.86. The van der Waals surface area contributed by atoms with Crippen LogP contribution in [0, 0.1) is 13.8 Å². The summed E-state index contributed by atoms with van der Waals surface area (Å²) in [5.74, 6) is -0.0439. The van der Waals surface area contributed by atoms with Crippen molar-refractivity contribution >= 4 is 17.8 Å². The van der Waals surface area contributed by atoms with Crippen LogP contribution in [0.15, 0.2) is 23.3 Å². The molecule has 3 N–H and O–H groups in total. The first-order chi connectivity index (χ1) is 12.5. The van der Waals surface area contributed by atoms with Gasteiger partial charge in [0.05, 0.1) is 11.9 Å². The molecule has 0 saturated carbocycles. The van der Waals surface area contributed by atoms with Crippen molar-refractivity contribution in [1.29, 1.82) is 0 Å². The summed E-state index contributed by atoms with van der Waals surface area (Å²) in [7, 11) is 0. The molecule has 140 valence electrons. The molecule has 7 heteroatoms. The zero-order valence-electron chi connectivity index (χ0n) is 15.8. The number of nitrogens with one attached hydrogen (secondary N) is 2. The number of H-pyrrole nitrogens is 1. The molecule has 1 heterocycles. The van der Waals surface area contributed by atoms with E-state index in [-0.39, 0.29) is 11.7 Å². The van der Waals surface area contributed by atoms with Gasteiger partial charge in [0.25, 0.3) is 0 Å². The van der Waals surface area contributed by atoms with E-state index >= 15 is 0 Å². The van der Waals surface area contributed by atoms with Crippen molar-refractivity contribution in [3.63, 3.8) is 0 Å². The van der Waals surface area contributed by atoms with Crippen molar-refractivity contribution in [2.75, 3.05) is 18.0 Å². The molecule has 0 bridgehead atoms. The van der Waals surface area contributed by atoms with Gasteiger partial charge in [0.2, 0.25) is 5.91 Å². The molecular weight excluding hydrogens is 330 g/mol. The maximum Gasteiger partial charge on any atom is 0.240 e. The molecule has 1 aromatic heterocycles. The number of hydrogen-bond acceptors (Lipinski definition) is 5. The molecule has 26 heavy (non-hydrogen) atoms. The average Bonchev–Trinajstić information content (AvgIpc) is 2.94. The van der Waals surface area contributed by atoms with Gasteiger partial charge in [-0.2, -0.15) is 10.2 Å². The third-order valence-electron chi connectivity index (χ3n) is 4.42. The maximum atomic E-state index is 11.9. The summed E-state index contributed by atoms with van der Waals surface area (Å²) < 4.78 is 0. The predicted octanol–water partition coefficient (Wildman–Crippen LogP) is 2.66. The van der Waals surface area contributed by atoms with Crippen molar-refractivity contribution in [1.82, 2.24) is 15.6 Å². The first-order valence-corrected chi connectivity index (χ1v) is 8.86. The molecule has 0 unspecified atom stereocenters. The molecule has 0 aliphatic rings. The lowest BCUT2D eigenvalue weighted by atomic mass is 10.1. The summed E-state index contributed by atoms with van der Waals surface area (Å²) in [6, 6.07) is 5.43. The Morgan fingerprint density at radius 1 is 1.35 bits per heavy atom. The summed E-state index contributed by atoms with van der Waals surface area (Å²) in [5.41, 5.74) is 6.97. The Hall–Kier alpha value is -2.83. The van der Waals surface area contributed by atoms with Crippen molar-refractivity contribution < 1.29 is 9.90 Å². The van der Waals surface area contributed by atoms with E-state index in [4.69, 9.17) is 0 Å². The molecule has 1 amide bonds. The normalized spacial score (nSPS) is 11.1. The van der Waals surface area contributed by atoms with Gasteiger partial charge in [-0.25, -0.2) is 5.43 Å². The van der Waals surface area contributed by atoms with E-state index in [0.29, 0.717) is 18.4 Å². The number of benzene rings is 1. The van der Waals surface area contributed by atoms with Crippen molar-refractivity contribution in [3.05, 3.63) is 40.7 Å². The largest absolute Gasteiger partial charge is 0.507 e. The van der Waals surface area contributed by atoms with E-state index in [0.717, 1.165) is 35.7 Å². The smallest absolute Gasteiger partial charge is 0.240 e. The number of hydrazone groups is 1. The minimum Gasteiger partial charge on any atom is -0.507 e. The van der Waals surface area contributed by atoms with Gasteiger partial charge >= 0.3 is 0 Å². The first-order valence-electron chi connectivity index (χ1n) is 8.86. The Balaban J connectivity index is 1.90. The van der Waals surface area contributed by atoms with E-state index in [2.05, 4.69) is 39.5 Å². The second-order valence-electron chi connectivity index (χ2n) is 6.12. The van der Waals surface area contributed by atoms with Crippen LogP contribution >= 0.6 is 0 Å². The van der Waals surface area contributed by atoms with E-state index < -0.39 is 0 Å². The van der Waals surface area contributed by atoms with Crippen LogP contribution in [0.2, 0.25) is 0 Å². The Kier molecular flexibility index (Phi) is 6.77. The number of anilines is 1. The average molecular weight is 357 g/mol. The van der Waals surface area contributed by atoms with Gasteiger partial charge in [0, 0.05) is 42.5 Å². The van der Waals surface area contributed by atoms with Crippen LogP contribution in [-0.4, -0.2) is 40.5 Å². The number of aromatic amines is 1. The first kappa shape index (κ1) is 19.5. The van der Waals surface area contributed by atoms with Crippen LogP contribution < -0.4 is 10.3 Å². The van der Waals surface area contributed by atoms with Crippen LogP contribution in [0.3, 0.4) is 0 Å². The lowest BCUT2D eigenvalue weighted by Gasteiger charge is -2.21. The Labute approximate surface area is 154 Å². The van der Waals surface area contributed by atoms with Gasteiger partial charge in [-0.1, -0.05) is 0 Å². The van der Waals surface area contributed by atoms with Gasteiger partial charge in [-0.15, -0.1) is 0 Å². The molecule has 7 nitrogen and oxygen atoms in total. The standard InChI is InChI=1S/C19H27N5O2/c1-5-24(6-2)16-8-7-15(18(25)11-16)12-20-23-19(26)10-9-17-13(3)21-22-14(17)4/h7-8,11-12,25H,5-6,9-10H2,1-4H3,(H,21,22)(H,23,26)/b20-12+. The number of carbonyl (C=O) groups is 1. The zero-order chi connectivity index (χ0) is 19.1. The second-order valence-corrected chi connectivity index (χ2v) is 6.12. The summed E-state index contributed by atoms with van der Waals surface area (Å²) in [6.07, 6.45) is 2.39. The Morgan fingerprint density at radius 2 is 2.08 bits per heavy atom. The molecule has 0 radical (unpaired) electrons. The summed E-state index contributed by atoms with van der Waals surface area (Å²) >= 11 is 0. The van der Waals surface area contributed by atoms with Crippen LogP contribution in [0.4, 0.5) is 5.69 Å². The number of amides is 1. The fourth-order valence-electron chi connectivity index (χ4n) is 2.84. The lowest BCUT2D eigenvalue weighted by molar-refractivity contribution is -0.121. The van der Waals surface area contributed by atoms with Crippen LogP contribution in [0.25, 0.3) is 0 Å². The van der Waals surface area contributed by atoms with Crippen molar-refractivity contribution in [2.45, 2.75) is 40.5 Å². The number of aryl methyl sites for hydroxylation is 2. The number of rotatable bonds is 8. The monoisotopic (exact) mass is 357 g/mol. The highest BCUT2D eigenvalue weighted by Gasteiger charge is 2.09. The molecule has 0 aliphatic carbocycles. The second kappa shape index (κ2) is 9.03. The third-order valence-corrected chi connectivity index (χ3v) is 4.42. The van der Waals surface area contributed by atoms with E-state index in [1.165, 1.54) is 6.21 Å². The molecule has 0 spiro atoms. The predicted molar refractivity (Wildman–Crippen MR) is 104 cm³/mol. The number of hydrogen-bond donors (Lipinski definition) is 3. The lowest BCUT2D eigenvalue weighted by Crippen LogP contribution is -2.21. The molecular formula is C19H27N5O2. The Bertz CT molecular complexity index is 759. The summed E-state index contributed by atoms with van der Waals surface area (Å²) in [6.45, 7) is 9.73. The third kappa shape index (κ3) is 4.84. The van der Waals surface area contributed by atoms with E-state index in [1.54, 1.807) is 12.1 Å². The topological polar surface area (TPSA) is 93.6 Å². The van der Waals surface area contributed by atoms with E-state index in [9.17, 15) is 9.90 Å². The summed E-state index contributed by atoms with van der Waals surface area (Å²) in [5, 5.41) is 21.1. The molecule has 2 rings (SSSR count). The van der Waals surface area contributed by atoms with Gasteiger partial charge in [0.1, 0.15) is 5.75 Å². The van der Waals surface area contributed by atoms with E-state index in [1.807, 2.05) is 19.9 Å². The van der Waals surface area contributed by atoms with Crippen LogP contribution in [0.1, 0.15) is 42.8 Å². The molecule has 1 aromatic carbocycles. The number of aromatic nitrogens is 2. The maximum absolute atomic E-state index is 11.9. The van der Waals surface area contributed by atoms with Crippen LogP contribution in [-0.2, 0) is 11.2 Å². The number of carbonyl (C=O) groups excluding carboxylic acids is 1.